The van der Waals surface area contributed by atoms with Crippen LogP contribution in [0, 0.1) is 148 Å². The van der Waals surface area contributed by atoms with Crippen LogP contribution in [0.4, 0.5) is 87.8 Å². The zero-order valence-corrected chi connectivity index (χ0v) is 32.3. The minimum atomic E-state index is -7.22. The molecule has 1 aliphatic carbocycles. The predicted molar refractivity (Wildman–Crippen MR) is 170 cm³/mol. The van der Waals surface area contributed by atoms with E-state index in [2.05, 4.69) is 39.8 Å². The van der Waals surface area contributed by atoms with E-state index in [4.69, 9.17) is 27.9 Å². The van der Waals surface area contributed by atoms with Gasteiger partial charge in [-0.1, -0.05) is 0 Å². The van der Waals surface area contributed by atoms with Crippen LogP contribution >= 0.6 is 27.9 Å². The first-order valence-corrected chi connectivity index (χ1v) is 21.7. The minimum absolute atomic E-state index is 1.20. The second-order valence-electron chi connectivity index (χ2n) is 12.0. The van der Waals surface area contributed by atoms with Gasteiger partial charge in [-0.2, -0.15) is 0 Å². The number of hydrogen-bond donors (Lipinski definition) is 1. The van der Waals surface area contributed by atoms with E-state index >= 15 is 35.1 Å². The third-order valence-corrected chi connectivity index (χ3v) is 8.35. The van der Waals surface area contributed by atoms with Gasteiger partial charge < -0.3 is 4.90 Å². The fourth-order valence-corrected chi connectivity index (χ4v) is 5.85. The molecule has 0 spiro atoms. The summed E-state index contributed by atoms with van der Waals surface area (Å²) in [6, 6.07) is 0. The monoisotopic (exact) mass is 969 g/mol. The Hall–Kier alpha value is -2.91. The topological polar surface area (TPSA) is 4.44 Å². The molecular weight excluding hydrogens is 955 g/mol. The van der Waals surface area contributed by atoms with Crippen molar-refractivity contribution >= 4 is 55.9 Å². The van der Waals surface area contributed by atoms with E-state index in [1.807, 2.05) is 0 Å². The molecule has 5 radical (unpaired) electrons. The molecule has 0 bridgehead atoms. The summed E-state index contributed by atoms with van der Waals surface area (Å²) >= 11 is -1.92. The summed E-state index contributed by atoms with van der Waals surface area (Å²) in [4.78, 5) is 1.52. The zero-order chi connectivity index (χ0) is 45.3. The molecule has 0 heterocycles. The molecule has 59 heavy (non-hydrogen) atoms. The molecule has 0 saturated heterocycles. The molecule has 5 rings (SSSR count). The van der Waals surface area contributed by atoms with E-state index in [1.165, 1.54) is 23.8 Å². The Bertz CT molecular complexity index is 1850. The quantitative estimate of drug-likeness (QED) is 0.0835. The molecule has 1 nitrogen and oxygen atoms in total. The standard InChI is InChI=1S/C24BF20.C9H14N.3ClH.Ti/c26-5-1(6(27)14(35)21(42)13(5)34)25(2-7(28)15(36)22(43)16(37)8(2)29,3-9(30)17(38)23(44)18(39)10(3)31)4-11(32)19(40)24(45)20(41)12(4)33;1-10(2)8-7-9-5-3-4-6-9;;;;/h;3-6H,7-8H2,1-2H3;3*1H;/q-1;;;;;+4/p-2. The maximum absolute atomic E-state index is 15.4. The van der Waals surface area contributed by atoms with Crippen LogP contribution in [0.25, 0.3) is 0 Å². The van der Waals surface area contributed by atoms with Crippen LogP contribution in [-0.2, 0) is 14.7 Å². The second kappa shape index (κ2) is 19.9. The molecule has 0 unspecified atom stereocenters. The number of halogens is 23. The molecule has 0 atom stereocenters. The van der Waals surface area contributed by atoms with Gasteiger partial charge in [-0.3, -0.25) is 0 Å². The van der Waals surface area contributed by atoms with Gasteiger partial charge in [0.1, 0.15) is 52.7 Å². The Kier molecular flexibility index (Phi) is 17.0. The zero-order valence-electron chi connectivity index (χ0n) is 28.5. The van der Waals surface area contributed by atoms with Crippen molar-refractivity contribution in [2.24, 2.45) is 0 Å². The molecule has 0 amide bonds. The van der Waals surface area contributed by atoms with Crippen molar-refractivity contribution in [2.75, 3.05) is 20.6 Å². The summed E-state index contributed by atoms with van der Waals surface area (Å²) in [6.45, 7) is 1.23. The van der Waals surface area contributed by atoms with Crippen molar-refractivity contribution in [3.8, 4) is 0 Å². The fraction of sp³-hybridized carbons (Fsp3) is 0.121. The fourth-order valence-electron chi connectivity index (χ4n) is 5.85. The van der Waals surface area contributed by atoms with Gasteiger partial charge in [0.2, 0.25) is 0 Å². The van der Waals surface area contributed by atoms with Crippen molar-refractivity contribution in [3.05, 3.63) is 148 Å². The van der Waals surface area contributed by atoms with Gasteiger partial charge in [0.05, 0.1) is 20.6 Å². The summed E-state index contributed by atoms with van der Waals surface area (Å²) in [5.74, 6) is -69.9. The molecule has 4 aromatic carbocycles. The first-order chi connectivity index (χ1) is 27.2. The molecule has 319 valence electrons. The average Bonchev–Trinajstić information content (AvgIpc) is 3.71. The number of rotatable bonds is 7. The van der Waals surface area contributed by atoms with Crippen molar-refractivity contribution in [1.29, 1.82) is 0 Å². The Balaban J connectivity index is 0.000000562. The first-order valence-electron chi connectivity index (χ1n) is 15.3. The molecular formula is C33H15BCl3F20NTi+. The number of nitrogens with one attached hydrogen (secondary N) is 1. The van der Waals surface area contributed by atoms with E-state index in [-0.39, 0.29) is 0 Å². The van der Waals surface area contributed by atoms with Crippen LogP contribution in [0.1, 0.15) is 6.42 Å². The molecule has 0 aromatic heterocycles. The van der Waals surface area contributed by atoms with E-state index in [1.54, 1.807) is 0 Å². The van der Waals surface area contributed by atoms with Crippen LogP contribution in [0.5, 0.6) is 0 Å². The van der Waals surface area contributed by atoms with Crippen LogP contribution in [0.2, 0.25) is 0 Å². The van der Waals surface area contributed by atoms with Gasteiger partial charge in [0.25, 0.3) is 0 Å². The van der Waals surface area contributed by atoms with Gasteiger partial charge >= 0.3 is 42.6 Å². The summed E-state index contributed by atoms with van der Waals surface area (Å²) in [5, 5.41) is 0. The van der Waals surface area contributed by atoms with Gasteiger partial charge in [0.15, 0.2) is 69.8 Å². The molecule has 1 saturated carbocycles. The Morgan fingerprint density at radius 1 is 0.373 bits per heavy atom. The van der Waals surface area contributed by atoms with Crippen molar-refractivity contribution < 1.29 is 107 Å². The Morgan fingerprint density at radius 3 is 0.712 bits per heavy atom. The number of quaternary nitrogens is 1. The average molecular weight is 970 g/mol. The summed E-state index contributed by atoms with van der Waals surface area (Å²) in [5.41, 5.74) is -14.3. The second-order valence-corrected chi connectivity index (χ2v) is 19.8. The van der Waals surface area contributed by atoms with E-state index in [0.29, 0.717) is 0 Å². The molecule has 0 aliphatic heterocycles. The number of benzene rings is 4. The summed E-state index contributed by atoms with van der Waals surface area (Å²) in [7, 11) is 19.3. The first kappa shape index (κ1) is 50.4. The third kappa shape index (κ3) is 9.32. The normalized spacial score (nSPS) is 13.1. The summed E-state index contributed by atoms with van der Waals surface area (Å²) < 4.78 is 294. The summed E-state index contributed by atoms with van der Waals surface area (Å²) in [6.07, 6.45) is 2.55. The van der Waals surface area contributed by atoms with E-state index in [9.17, 15) is 52.7 Å². The Labute approximate surface area is 337 Å². The van der Waals surface area contributed by atoms with Crippen molar-refractivity contribution in [2.45, 2.75) is 6.42 Å². The van der Waals surface area contributed by atoms with Gasteiger partial charge in [0, 0.05) is 6.42 Å². The molecule has 1 N–H and O–H groups in total. The third-order valence-electron chi connectivity index (χ3n) is 8.35. The van der Waals surface area contributed by atoms with Gasteiger partial charge in [-0.05, 0) is 31.6 Å². The van der Waals surface area contributed by atoms with Crippen LogP contribution in [0.15, 0.2) is 0 Å². The SMILES string of the molecule is C[NH+](C)CC[C]1[CH][CH][CH][CH]1.Fc1c(F)c(F)c([B-](c2c(F)c(F)c(F)c(F)c2F)(c2c(F)c(F)c(F)c(F)c2F)c2c(F)c(F)c(F)c(F)c2F)c(F)c1F.[Cl][Ti+]([Cl])[Cl]. The molecule has 1 fully saturated rings. The maximum atomic E-state index is 15.4. The van der Waals surface area contributed by atoms with Crippen LogP contribution < -0.4 is 26.8 Å². The predicted octanol–water partition coefficient (Wildman–Crippen LogP) is 7.84. The van der Waals surface area contributed by atoms with Crippen LogP contribution in [0.3, 0.4) is 0 Å². The van der Waals surface area contributed by atoms with Gasteiger partial charge in [-0.25, -0.2) is 87.8 Å². The van der Waals surface area contributed by atoms with Crippen LogP contribution in [-0.4, -0.2) is 26.8 Å². The van der Waals surface area contributed by atoms with Crippen molar-refractivity contribution in [1.82, 2.24) is 0 Å². The molecule has 26 heteroatoms. The van der Waals surface area contributed by atoms with E-state index in [0.717, 1.165) is 0 Å². The molecule has 4 aromatic rings. The molecule has 1 aliphatic rings. The van der Waals surface area contributed by atoms with E-state index < -0.39 is 159 Å². The Morgan fingerprint density at radius 2 is 0.542 bits per heavy atom. The number of hydrogen-bond acceptors (Lipinski definition) is 0. The van der Waals surface area contributed by atoms with Gasteiger partial charge in [-0.15, -0.1) is 21.9 Å². The van der Waals surface area contributed by atoms with Crippen molar-refractivity contribution in [3.63, 3.8) is 0 Å².